The molecule has 5 nitrogen and oxygen atoms in total. The van der Waals surface area contributed by atoms with Crippen LogP contribution in [0.2, 0.25) is 0 Å². The summed E-state index contributed by atoms with van der Waals surface area (Å²) < 4.78 is 7.38. The molecule has 4 rings (SSSR count). The number of rotatable bonds is 4. The van der Waals surface area contributed by atoms with E-state index < -0.39 is 0 Å². The summed E-state index contributed by atoms with van der Waals surface area (Å²) in [5.41, 5.74) is 1.84. The molecule has 3 aromatic rings. The van der Waals surface area contributed by atoms with Crippen molar-refractivity contribution in [1.29, 1.82) is 0 Å². The smallest absolute Gasteiger partial charge is 0.145 e. The van der Waals surface area contributed by atoms with Crippen molar-refractivity contribution in [2.24, 2.45) is 0 Å². The highest BCUT2D eigenvalue weighted by Crippen LogP contribution is 2.33. The highest BCUT2D eigenvalue weighted by atomic mass is 79.9. The first-order chi connectivity index (χ1) is 12.7. The second-order valence-electron chi connectivity index (χ2n) is 6.63. The number of halogens is 2. The number of piperidine rings is 1. The van der Waals surface area contributed by atoms with Crippen LogP contribution in [0.5, 0.6) is 5.75 Å². The van der Waals surface area contributed by atoms with E-state index >= 15 is 0 Å². The molecule has 1 aliphatic heterocycles. The van der Waals surface area contributed by atoms with E-state index in [-0.39, 0.29) is 18.5 Å². The van der Waals surface area contributed by atoms with Gasteiger partial charge in [-0.25, -0.2) is 9.97 Å². The van der Waals surface area contributed by atoms with E-state index in [1.807, 2.05) is 42.5 Å². The van der Waals surface area contributed by atoms with Gasteiger partial charge in [-0.05, 0) is 50.2 Å². The Labute approximate surface area is 173 Å². The molecule has 1 aromatic heterocycles. The standard InChI is InChI=1S/C20H21BrN4O.ClH/c1-25-10-8-16(9-11-25)26-18-7-3-6-17-19(18)20(23-13-22-17)24-15-5-2-4-14(21)12-15;/h2-7,12-13,16H,8-11H2,1H3,(H,22,23,24);1H. The third-order valence-corrected chi connectivity index (χ3v) is 5.16. The van der Waals surface area contributed by atoms with Crippen molar-refractivity contribution in [2.45, 2.75) is 18.9 Å². The summed E-state index contributed by atoms with van der Waals surface area (Å²) in [5, 5.41) is 4.33. The number of benzene rings is 2. The largest absolute Gasteiger partial charge is 0.489 e. The molecule has 2 aromatic carbocycles. The fourth-order valence-electron chi connectivity index (χ4n) is 3.26. The molecule has 0 unspecified atom stereocenters. The first kappa shape index (κ1) is 19.9. The topological polar surface area (TPSA) is 50.3 Å². The summed E-state index contributed by atoms with van der Waals surface area (Å²) >= 11 is 3.51. The van der Waals surface area contributed by atoms with E-state index in [0.717, 1.165) is 58.6 Å². The van der Waals surface area contributed by atoms with Crippen LogP contribution in [-0.4, -0.2) is 41.1 Å². The first-order valence-electron chi connectivity index (χ1n) is 8.80. The van der Waals surface area contributed by atoms with Crippen molar-refractivity contribution in [3.05, 3.63) is 53.3 Å². The van der Waals surface area contributed by atoms with Crippen LogP contribution in [0, 0.1) is 0 Å². The molecule has 0 radical (unpaired) electrons. The summed E-state index contributed by atoms with van der Waals surface area (Å²) in [6, 6.07) is 14.0. The minimum Gasteiger partial charge on any atom is -0.489 e. The van der Waals surface area contributed by atoms with Crippen LogP contribution in [-0.2, 0) is 0 Å². The molecule has 142 valence electrons. The Bertz CT molecular complexity index is 910. The van der Waals surface area contributed by atoms with Crippen LogP contribution in [0.4, 0.5) is 11.5 Å². The Morgan fingerprint density at radius 1 is 1.11 bits per heavy atom. The molecule has 0 atom stereocenters. The number of ether oxygens (including phenoxy) is 1. The molecule has 0 spiro atoms. The van der Waals surface area contributed by atoms with Gasteiger partial charge in [-0.15, -0.1) is 12.4 Å². The van der Waals surface area contributed by atoms with E-state index in [4.69, 9.17) is 4.74 Å². The Morgan fingerprint density at radius 2 is 1.89 bits per heavy atom. The average molecular weight is 450 g/mol. The second kappa shape index (κ2) is 8.87. The van der Waals surface area contributed by atoms with Gasteiger partial charge in [0.2, 0.25) is 0 Å². The number of fused-ring (bicyclic) bond motifs is 1. The van der Waals surface area contributed by atoms with Crippen LogP contribution >= 0.6 is 28.3 Å². The van der Waals surface area contributed by atoms with Gasteiger partial charge in [0.1, 0.15) is 24.0 Å². The van der Waals surface area contributed by atoms with Crippen molar-refractivity contribution in [2.75, 3.05) is 25.5 Å². The number of anilines is 2. The van der Waals surface area contributed by atoms with Crippen molar-refractivity contribution >= 4 is 50.7 Å². The van der Waals surface area contributed by atoms with Crippen molar-refractivity contribution in [3.8, 4) is 5.75 Å². The molecular weight excluding hydrogens is 428 g/mol. The van der Waals surface area contributed by atoms with Crippen LogP contribution in [0.1, 0.15) is 12.8 Å². The predicted molar refractivity (Wildman–Crippen MR) is 115 cm³/mol. The summed E-state index contributed by atoms with van der Waals surface area (Å²) in [7, 11) is 2.15. The highest BCUT2D eigenvalue weighted by Gasteiger charge is 2.20. The van der Waals surface area contributed by atoms with E-state index in [1.165, 1.54) is 0 Å². The van der Waals surface area contributed by atoms with Gasteiger partial charge < -0.3 is 15.0 Å². The molecule has 1 N–H and O–H groups in total. The molecule has 27 heavy (non-hydrogen) atoms. The number of hydrogen-bond donors (Lipinski definition) is 1. The molecule has 7 heteroatoms. The zero-order valence-corrected chi connectivity index (χ0v) is 17.5. The first-order valence-corrected chi connectivity index (χ1v) is 9.60. The van der Waals surface area contributed by atoms with Gasteiger partial charge >= 0.3 is 0 Å². The second-order valence-corrected chi connectivity index (χ2v) is 7.54. The molecular formula is C20H22BrClN4O. The van der Waals surface area contributed by atoms with Gasteiger partial charge in [-0.1, -0.05) is 28.1 Å². The maximum atomic E-state index is 6.36. The van der Waals surface area contributed by atoms with Crippen LogP contribution in [0.15, 0.2) is 53.3 Å². The van der Waals surface area contributed by atoms with Crippen LogP contribution < -0.4 is 10.1 Å². The van der Waals surface area contributed by atoms with Gasteiger partial charge in [0.15, 0.2) is 0 Å². The van der Waals surface area contributed by atoms with E-state index in [2.05, 4.69) is 43.2 Å². The van der Waals surface area contributed by atoms with Crippen LogP contribution in [0.25, 0.3) is 10.9 Å². The Balaban J connectivity index is 0.00000210. The molecule has 1 aliphatic rings. The minimum absolute atomic E-state index is 0. The molecule has 0 bridgehead atoms. The molecule has 2 heterocycles. The maximum Gasteiger partial charge on any atom is 0.145 e. The molecule has 0 aliphatic carbocycles. The summed E-state index contributed by atoms with van der Waals surface area (Å²) in [6.07, 6.45) is 3.89. The molecule has 1 saturated heterocycles. The van der Waals surface area contributed by atoms with Crippen LogP contribution in [0.3, 0.4) is 0 Å². The van der Waals surface area contributed by atoms with Crippen molar-refractivity contribution in [3.63, 3.8) is 0 Å². The Hall–Kier alpha value is -1.89. The SMILES string of the molecule is CN1CCC(Oc2cccc3ncnc(Nc4cccc(Br)c4)c23)CC1.Cl. The quantitative estimate of drug-likeness (QED) is 0.605. The third kappa shape index (κ3) is 4.69. The van der Waals surface area contributed by atoms with Gasteiger partial charge in [0.05, 0.1) is 10.9 Å². The number of aromatic nitrogens is 2. The van der Waals surface area contributed by atoms with Gasteiger partial charge in [0, 0.05) is 23.2 Å². The Kier molecular flexibility index (Phi) is 6.52. The normalized spacial score (nSPS) is 15.3. The Morgan fingerprint density at radius 3 is 2.67 bits per heavy atom. The summed E-state index contributed by atoms with van der Waals surface area (Å²) in [5.74, 6) is 1.60. The minimum atomic E-state index is 0. The number of nitrogens with zero attached hydrogens (tertiary/aromatic N) is 3. The van der Waals surface area contributed by atoms with Crippen molar-refractivity contribution < 1.29 is 4.74 Å². The van der Waals surface area contributed by atoms with E-state index in [1.54, 1.807) is 6.33 Å². The van der Waals surface area contributed by atoms with Gasteiger partial charge in [0.25, 0.3) is 0 Å². The summed E-state index contributed by atoms with van der Waals surface area (Å²) in [6.45, 7) is 2.13. The van der Waals surface area contributed by atoms with Gasteiger partial charge in [-0.3, -0.25) is 0 Å². The zero-order chi connectivity index (χ0) is 17.9. The van der Waals surface area contributed by atoms with E-state index in [0.29, 0.717) is 0 Å². The van der Waals surface area contributed by atoms with E-state index in [9.17, 15) is 0 Å². The van der Waals surface area contributed by atoms with Gasteiger partial charge in [-0.2, -0.15) is 0 Å². The fourth-order valence-corrected chi connectivity index (χ4v) is 3.66. The predicted octanol–water partition coefficient (Wildman–Crippen LogP) is 5.03. The molecule has 1 fully saturated rings. The molecule has 0 saturated carbocycles. The lowest BCUT2D eigenvalue weighted by molar-refractivity contribution is 0.116. The maximum absolute atomic E-state index is 6.36. The lowest BCUT2D eigenvalue weighted by atomic mass is 10.1. The lowest BCUT2D eigenvalue weighted by Gasteiger charge is -2.29. The number of likely N-dealkylation sites (tertiary alicyclic amines) is 1. The average Bonchev–Trinajstić information content (AvgIpc) is 2.64. The molecule has 0 amide bonds. The highest BCUT2D eigenvalue weighted by molar-refractivity contribution is 9.10. The third-order valence-electron chi connectivity index (χ3n) is 4.67. The number of hydrogen-bond acceptors (Lipinski definition) is 5. The summed E-state index contributed by atoms with van der Waals surface area (Å²) in [4.78, 5) is 11.2. The number of nitrogens with one attached hydrogen (secondary N) is 1. The monoisotopic (exact) mass is 448 g/mol. The zero-order valence-electron chi connectivity index (χ0n) is 15.1. The van der Waals surface area contributed by atoms with Crippen molar-refractivity contribution in [1.82, 2.24) is 14.9 Å². The fraction of sp³-hybridized carbons (Fsp3) is 0.300. The lowest BCUT2D eigenvalue weighted by Crippen LogP contribution is -2.35.